The first-order chi connectivity index (χ1) is 12.2. The molecule has 0 bridgehead atoms. The predicted octanol–water partition coefficient (Wildman–Crippen LogP) is 2.16. The summed E-state index contributed by atoms with van der Waals surface area (Å²) in [6.45, 7) is 3.07. The molecule has 1 aromatic heterocycles. The number of thiazole rings is 1. The summed E-state index contributed by atoms with van der Waals surface area (Å²) in [5.74, 6) is 0. The van der Waals surface area contributed by atoms with Crippen molar-refractivity contribution in [1.82, 2.24) is 0 Å². The van der Waals surface area contributed by atoms with E-state index in [1.54, 1.807) is 23.5 Å². The standard InChI is InChI=1S/C19H19N3O2S.BrH/c1-2-3-13-21-18(15-9-11-17(12-10-15)22(23)24)14-25-19(21)20-16-7-5-4-6-8-16;/h4-12,14H,2-3,13H2,1H3;1H. The van der Waals surface area contributed by atoms with E-state index in [2.05, 4.69) is 22.2 Å². The van der Waals surface area contributed by atoms with Crippen LogP contribution in [0.4, 0.5) is 16.5 Å². The van der Waals surface area contributed by atoms with Crippen molar-refractivity contribution < 1.29 is 26.5 Å². The minimum Gasteiger partial charge on any atom is -1.00 e. The van der Waals surface area contributed by atoms with Crippen molar-refractivity contribution >= 4 is 27.8 Å². The number of nitro groups is 1. The highest BCUT2D eigenvalue weighted by Gasteiger charge is 2.19. The number of rotatable bonds is 7. The number of non-ortho nitro benzene ring substituents is 1. The molecule has 5 nitrogen and oxygen atoms in total. The zero-order valence-corrected chi connectivity index (χ0v) is 16.8. The molecule has 0 aliphatic heterocycles. The number of para-hydroxylation sites is 1. The van der Waals surface area contributed by atoms with Crippen LogP contribution in [0.2, 0.25) is 0 Å². The lowest BCUT2D eigenvalue weighted by atomic mass is 10.1. The van der Waals surface area contributed by atoms with Crippen molar-refractivity contribution in [3.05, 3.63) is 70.1 Å². The summed E-state index contributed by atoms with van der Waals surface area (Å²) in [5, 5.41) is 17.5. The molecule has 26 heavy (non-hydrogen) atoms. The third kappa shape index (κ3) is 4.68. The first-order valence-corrected chi connectivity index (χ1v) is 9.15. The summed E-state index contributed by atoms with van der Waals surface area (Å²) >= 11 is 1.64. The quantitative estimate of drug-likeness (QED) is 0.352. The van der Waals surface area contributed by atoms with Gasteiger partial charge in [-0.15, -0.1) is 0 Å². The minimum atomic E-state index is -0.370. The number of nitro benzene ring substituents is 1. The molecular formula is C19H20BrN3O2S. The Hall–Kier alpha value is -2.25. The lowest BCUT2D eigenvalue weighted by Crippen LogP contribution is -3.00. The second-order valence-corrected chi connectivity index (χ2v) is 6.58. The molecule has 0 amide bonds. The summed E-state index contributed by atoms with van der Waals surface area (Å²) in [4.78, 5) is 10.5. The van der Waals surface area contributed by atoms with Gasteiger partial charge in [-0.2, -0.15) is 0 Å². The topological polar surface area (TPSA) is 59.0 Å². The van der Waals surface area contributed by atoms with Crippen LogP contribution in [0.3, 0.4) is 0 Å². The van der Waals surface area contributed by atoms with Crippen molar-refractivity contribution in [3.63, 3.8) is 0 Å². The molecule has 0 aliphatic carbocycles. The normalized spacial score (nSPS) is 10.2. The average Bonchev–Trinajstić information content (AvgIpc) is 3.03. The van der Waals surface area contributed by atoms with E-state index in [4.69, 9.17) is 0 Å². The van der Waals surface area contributed by atoms with Gasteiger partial charge >= 0.3 is 5.13 Å². The van der Waals surface area contributed by atoms with E-state index in [0.29, 0.717) is 0 Å². The van der Waals surface area contributed by atoms with Gasteiger partial charge in [-0.3, -0.25) is 10.1 Å². The van der Waals surface area contributed by atoms with E-state index in [-0.39, 0.29) is 27.6 Å². The SMILES string of the molecule is CCCC[n+]1c(-c2ccc([N+](=O)[O-])cc2)csc1Nc1ccccc1.[Br-]. The summed E-state index contributed by atoms with van der Waals surface area (Å²) in [7, 11) is 0. The van der Waals surface area contributed by atoms with Crippen molar-refractivity contribution in [3.8, 4) is 11.3 Å². The van der Waals surface area contributed by atoms with Crippen LogP contribution in [0.1, 0.15) is 19.8 Å². The van der Waals surface area contributed by atoms with E-state index >= 15 is 0 Å². The lowest BCUT2D eigenvalue weighted by Gasteiger charge is -2.06. The Morgan fingerprint density at radius 3 is 2.42 bits per heavy atom. The Morgan fingerprint density at radius 1 is 1.12 bits per heavy atom. The number of unbranched alkanes of at least 4 members (excludes halogenated alkanes) is 1. The molecule has 2 aromatic carbocycles. The van der Waals surface area contributed by atoms with Crippen molar-refractivity contribution in [2.75, 3.05) is 5.32 Å². The fourth-order valence-corrected chi connectivity index (χ4v) is 3.59. The van der Waals surface area contributed by atoms with Crippen molar-refractivity contribution in [2.24, 2.45) is 0 Å². The van der Waals surface area contributed by atoms with E-state index in [1.165, 1.54) is 0 Å². The van der Waals surface area contributed by atoms with Crippen LogP contribution in [0.25, 0.3) is 11.3 Å². The molecule has 1 N–H and O–H groups in total. The molecular weight excluding hydrogens is 414 g/mol. The van der Waals surface area contributed by atoms with Gasteiger partial charge in [-0.25, -0.2) is 9.88 Å². The Balaban J connectivity index is 0.00000243. The van der Waals surface area contributed by atoms with E-state index in [0.717, 1.165) is 41.5 Å². The Labute approximate surface area is 167 Å². The molecule has 3 rings (SSSR count). The van der Waals surface area contributed by atoms with Gasteiger partial charge in [0, 0.05) is 23.1 Å². The second-order valence-electron chi connectivity index (χ2n) is 5.73. The molecule has 1 heterocycles. The maximum atomic E-state index is 10.9. The number of nitrogens with one attached hydrogen (secondary N) is 1. The van der Waals surface area contributed by atoms with Crippen LogP contribution in [-0.4, -0.2) is 4.92 Å². The van der Waals surface area contributed by atoms with Crippen LogP contribution in [0.15, 0.2) is 60.0 Å². The van der Waals surface area contributed by atoms with Gasteiger partial charge in [0.15, 0.2) is 0 Å². The molecule has 0 spiro atoms. The highest BCUT2D eigenvalue weighted by molar-refractivity contribution is 7.13. The van der Waals surface area contributed by atoms with Gasteiger partial charge in [0.25, 0.3) is 5.69 Å². The molecule has 3 aromatic rings. The monoisotopic (exact) mass is 433 g/mol. The molecule has 0 unspecified atom stereocenters. The number of anilines is 2. The van der Waals surface area contributed by atoms with Gasteiger partial charge in [-0.1, -0.05) is 42.9 Å². The first-order valence-electron chi connectivity index (χ1n) is 8.27. The van der Waals surface area contributed by atoms with Crippen molar-refractivity contribution in [2.45, 2.75) is 26.3 Å². The highest BCUT2D eigenvalue weighted by atomic mass is 79.9. The maximum Gasteiger partial charge on any atom is 0.339 e. The molecule has 0 saturated heterocycles. The molecule has 136 valence electrons. The van der Waals surface area contributed by atoms with Gasteiger partial charge in [-0.05, 0) is 30.7 Å². The van der Waals surface area contributed by atoms with Crippen LogP contribution in [-0.2, 0) is 6.54 Å². The van der Waals surface area contributed by atoms with Crippen LogP contribution in [0.5, 0.6) is 0 Å². The first kappa shape index (κ1) is 20.1. The molecule has 0 atom stereocenters. The summed E-state index contributed by atoms with van der Waals surface area (Å²) < 4.78 is 2.25. The number of halogens is 1. The third-order valence-corrected chi connectivity index (χ3v) is 4.84. The Kier molecular flexibility index (Phi) is 7.29. The van der Waals surface area contributed by atoms with Gasteiger partial charge in [0.2, 0.25) is 0 Å². The van der Waals surface area contributed by atoms with Crippen LogP contribution in [0, 0.1) is 10.1 Å². The van der Waals surface area contributed by atoms with Crippen molar-refractivity contribution in [1.29, 1.82) is 0 Å². The van der Waals surface area contributed by atoms with Gasteiger partial charge in [0.05, 0.1) is 11.5 Å². The highest BCUT2D eigenvalue weighted by Crippen LogP contribution is 2.27. The van der Waals surface area contributed by atoms with Crippen LogP contribution < -0.4 is 26.9 Å². The average molecular weight is 434 g/mol. The number of hydrogen-bond donors (Lipinski definition) is 1. The van der Waals surface area contributed by atoms with Gasteiger partial charge in [0.1, 0.15) is 11.4 Å². The molecule has 7 heteroatoms. The zero-order chi connectivity index (χ0) is 17.6. The van der Waals surface area contributed by atoms with E-state index in [9.17, 15) is 10.1 Å². The number of hydrogen-bond acceptors (Lipinski definition) is 4. The fraction of sp³-hybridized carbons (Fsp3) is 0.211. The van der Waals surface area contributed by atoms with Crippen LogP contribution >= 0.6 is 11.3 Å². The molecule has 0 fully saturated rings. The third-order valence-electron chi connectivity index (χ3n) is 3.95. The maximum absolute atomic E-state index is 10.9. The summed E-state index contributed by atoms with van der Waals surface area (Å²) in [6, 6.07) is 16.8. The minimum absolute atomic E-state index is 0. The van der Waals surface area contributed by atoms with E-state index in [1.807, 2.05) is 42.5 Å². The fourth-order valence-electron chi connectivity index (χ4n) is 2.61. The number of benzene rings is 2. The van der Waals surface area contributed by atoms with E-state index < -0.39 is 0 Å². The second kappa shape index (κ2) is 9.45. The molecule has 0 saturated carbocycles. The predicted molar refractivity (Wildman–Crippen MR) is 101 cm³/mol. The summed E-state index contributed by atoms with van der Waals surface area (Å²) in [6.07, 6.45) is 2.18. The van der Waals surface area contributed by atoms with Gasteiger partial charge < -0.3 is 17.0 Å². The summed E-state index contributed by atoms with van der Waals surface area (Å²) in [5.41, 5.74) is 3.22. The Morgan fingerprint density at radius 2 is 1.81 bits per heavy atom. The smallest absolute Gasteiger partial charge is 0.339 e. The zero-order valence-electron chi connectivity index (χ0n) is 14.4. The number of aromatic nitrogens is 1. The molecule has 0 aliphatic rings. The number of nitrogens with zero attached hydrogens (tertiary/aromatic N) is 2. The molecule has 0 radical (unpaired) electrons. The lowest BCUT2D eigenvalue weighted by molar-refractivity contribution is -0.668. The largest absolute Gasteiger partial charge is 1.00 e. The Bertz CT molecular complexity index is 851.